The molecule has 1 amide bonds. The van der Waals surface area contributed by atoms with Crippen LogP contribution in [0.4, 0.5) is 8.78 Å². The third-order valence-electron chi connectivity index (χ3n) is 3.11. The highest BCUT2D eigenvalue weighted by Gasteiger charge is 2.18. The largest absolute Gasteiger partial charge is 0.481 e. The van der Waals surface area contributed by atoms with Gasteiger partial charge in [0.1, 0.15) is 5.75 Å². The molecule has 0 aromatic heterocycles. The van der Waals surface area contributed by atoms with Crippen molar-refractivity contribution >= 4 is 5.91 Å². The Bertz CT molecular complexity index is 469. The number of nitrogens with two attached hydrogens (primary N) is 1. The molecule has 0 saturated heterocycles. The zero-order valence-electron chi connectivity index (χ0n) is 12.4. The van der Waals surface area contributed by atoms with E-state index in [1.54, 1.807) is 6.92 Å². The van der Waals surface area contributed by atoms with E-state index in [9.17, 15) is 13.6 Å². The number of carbonyl (C=O) groups excluding carboxylic acids is 1. The second-order valence-corrected chi connectivity index (χ2v) is 4.92. The van der Waals surface area contributed by atoms with Crippen LogP contribution in [0.25, 0.3) is 0 Å². The molecule has 1 rings (SSSR count). The lowest BCUT2D eigenvalue weighted by atomic mass is 10.1. The number of hydrogen-bond donors (Lipinski definition) is 2. The number of ether oxygens (including phenoxy) is 1. The summed E-state index contributed by atoms with van der Waals surface area (Å²) < 4.78 is 31.2. The highest BCUT2D eigenvalue weighted by molar-refractivity contribution is 5.81. The van der Waals surface area contributed by atoms with Crippen LogP contribution in [0.5, 0.6) is 5.75 Å². The minimum Gasteiger partial charge on any atom is -0.481 e. The lowest BCUT2D eigenvalue weighted by Gasteiger charge is -2.20. The number of carbonyl (C=O) groups is 1. The lowest BCUT2D eigenvalue weighted by molar-refractivity contribution is -0.128. The third kappa shape index (κ3) is 5.67. The third-order valence-corrected chi connectivity index (χ3v) is 3.11. The van der Waals surface area contributed by atoms with Gasteiger partial charge in [0.25, 0.3) is 5.91 Å². The number of benzene rings is 1. The Balaban J connectivity index is 2.55. The molecule has 0 spiro atoms. The number of rotatable bonds is 8. The quantitative estimate of drug-likeness (QED) is 0.774. The van der Waals surface area contributed by atoms with Crippen molar-refractivity contribution in [2.24, 2.45) is 5.73 Å². The van der Waals surface area contributed by atoms with Crippen molar-refractivity contribution in [3.8, 4) is 5.75 Å². The van der Waals surface area contributed by atoms with Crippen molar-refractivity contribution in [1.29, 1.82) is 0 Å². The molecule has 2 unspecified atom stereocenters. The fraction of sp³-hybridized carbons (Fsp3) is 0.533. The maximum Gasteiger partial charge on any atom is 0.261 e. The van der Waals surface area contributed by atoms with Crippen LogP contribution in [0, 0.1) is 11.6 Å². The van der Waals surface area contributed by atoms with Gasteiger partial charge in [0.15, 0.2) is 17.7 Å². The zero-order chi connectivity index (χ0) is 15.8. The van der Waals surface area contributed by atoms with E-state index in [1.807, 2.05) is 0 Å². The van der Waals surface area contributed by atoms with Gasteiger partial charge in [-0.25, -0.2) is 8.78 Å². The van der Waals surface area contributed by atoms with Gasteiger partial charge in [-0.3, -0.25) is 4.79 Å². The summed E-state index contributed by atoms with van der Waals surface area (Å²) in [6.07, 6.45) is 1.98. The molecular weight excluding hydrogens is 278 g/mol. The van der Waals surface area contributed by atoms with E-state index in [2.05, 4.69) is 12.2 Å². The SMILES string of the molecule is CCCCC(CN)NC(=O)C(C)Oc1ccc(F)c(F)c1. The first-order valence-electron chi connectivity index (χ1n) is 7.10. The summed E-state index contributed by atoms with van der Waals surface area (Å²) in [6, 6.07) is 3.05. The van der Waals surface area contributed by atoms with E-state index in [1.165, 1.54) is 6.07 Å². The van der Waals surface area contributed by atoms with E-state index < -0.39 is 17.7 Å². The van der Waals surface area contributed by atoms with Gasteiger partial charge < -0.3 is 15.8 Å². The van der Waals surface area contributed by atoms with Gasteiger partial charge in [0.2, 0.25) is 0 Å². The van der Waals surface area contributed by atoms with Crippen LogP contribution in [-0.4, -0.2) is 24.6 Å². The van der Waals surface area contributed by atoms with E-state index in [4.69, 9.17) is 10.5 Å². The predicted molar refractivity (Wildman–Crippen MR) is 77.0 cm³/mol. The Morgan fingerprint density at radius 3 is 2.67 bits per heavy atom. The Hall–Kier alpha value is -1.69. The summed E-state index contributed by atoms with van der Waals surface area (Å²) in [7, 11) is 0. The standard InChI is InChI=1S/C15H22F2N2O2/c1-3-4-5-11(9-18)19-15(20)10(2)21-12-6-7-13(16)14(17)8-12/h6-8,10-11H,3-5,9,18H2,1-2H3,(H,19,20). The Kier molecular flexibility index (Phi) is 7.08. The topological polar surface area (TPSA) is 64.3 Å². The van der Waals surface area contributed by atoms with Gasteiger partial charge >= 0.3 is 0 Å². The fourth-order valence-corrected chi connectivity index (χ4v) is 1.83. The molecule has 1 aromatic carbocycles. The molecule has 21 heavy (non-hydrogen) atoms. The van der Waals surface area contributed by atoms with Gasteiger partial charge in [-0.1, -0.05) is 19.8 Å². The van der Waals surface area contributed by atoms with Gasteiger partial charge in [-0.15, -0.1) is 0 Å². The van der Waals surface area contributed by atoms with Crippen LogP contribution < -0.4 is 15.8 Å². The molecule has 0 radical (unpaired) electrons. The fourth-order valence-electron chi connectivity index (χ4n) is 1.83. The van der Waals surface area contributed by atoms with E-state index in [-0.39, 0.29) is 17.7 Å². The summed E-state index contributed by atoms with van der Waals surface area (Å²) >= 11 is 0. The second-order valence-electron chi connectivity index (χ2n) is 4.92. The second kappa shape index (κ2) is 8.56. The minimum atomic E-state index is -1.01. The number of nitrogens with one attached hydrogen (secondary N) is 1. The van der Waals surface area contributed by atoms with E-state index >= 15 is 0 Å². The van der Waals surface area contributed by atoms with Crippen molar-refractivity contribution in [2.75, 3.05) is 6.54 Å². The van der Waals surface area contributed by atoms with Gasteiger partial charge in [-0.05, 0) is 25.5 Å². The summed E-state index contributed by atoms with van der Waals surface area (Å²) in [5, 5.41) is 2.79. The molecular formula is C15H22F2N2O2. The number of halogens is 2. The van der Waals surface area contributed by atoms with Crippen molar-refractivity contribution in [3.63, 3.8) is 0 Å². The Labute approximate surface area is 123 Å². The maximum absolute atomic E-state index is 13.1. The summed E-state index contributed by atoms with van der Waals surface area (Å²) in [6.45, 7) is 3.96. The molecule has 0 aliphatic heterocycles. The minimum absolute atomic E-state index is 0.103. The molecule has 6 heteroatoms. The van der Waals surface area contributed by atoms with Crippen molar-refractivity contribution in [3.05, 3.63) is 29.8 Å². The predicted octanol–water partition coefficient (Wildman–Crippen LogP) is 2.37. The Morgan fingerprint density at radius 2 is 2.10 bits per heavy atom. The molecule has 4 nitrogen and oxygen atoms in total. The number of hydrogen-bond acceptors (Lipinski definition) is 3. The highest BCUT2D eigenvalue weighted by atomic mass is 19.2. The molecule has 3 N–H and O–H groups in total. The molecule has 0 bridgehead atoms. The van der Waals surface area contributed by atoms with Gasteiger partial charge in [0.05, 0.1) is 0 Å². The molecule has 0 heterocycles. The maximum atomic E-state index is 13.1. The van der Waals surface area contributed by atoms with Crippen LogP contribution in [-0.2, 0) is 4.79 Å². The summed E-state index contributed by atoms with van der Waals surface area (Å²) in [4.78, 5) is 12.0. The van der Waals surface area contributed by atoms with Crippen LogP contribution >= 0.6 is 0 Å². The number of amides is 1. The first-order chi connectivity index (χ1) is 9.97. The van der Waals surface area contributed by atoms with Gasteiger partial charge in [-0.2, -0.15) is 0 Å². The van der Waals surface area contributed by atoms with Crippen LogP contribution in [0.15, 0.2) is 18.2 Å². The monoisotopic (exact) mass is 300 g/mol. The van der Waals surface area contributed by atoms with Crippen LogP contribution in [0.1, 0.15) is 33.1 Å². The van der Waals surface area contributed by atoms with E-state index in [0.29, 0.717) is 6.54 Å². The van der Waals surface area contributed by atoms with Crippen molar-refractivity contribution in [2.45, 2.75) is 45.3 Å². The van der Waals surface area contributed by atoms with Crippen molar-refractivity contribution < 1.29 is 18.3 Å². The first-order valence-corrected chi connectivity index (χ1v) is 7.10. The molecule has 0 saturated carbocycles. The molecule has 0 fully saturated rings. The molecule has 0 aliphatic carbocycles. The Morgan fingerprint density at radius 1 is 1.38 bits per heavy atom. The van der Waals surface area contributed by atoms with Crippen LogP contribution in [0.3, 0.4) is 0 Å². The van der Waals surface area contributed by atoms with E-state index in [0.717, 1.165) is 31.4 Å². The smallest absolute Gasteiger partial charge is 0.261 e. The summed E-state index contributed by atoms with van der Waals surface area (Å²) in [5.74, 6) is -2.19. The first kappa shape index (κ1) is 17.4. The van der Waals surface area contributed by atoms with Crippen LogP contribution in [0.2, 0.25) is 0 Å². The number of unbranched alkanes of at least 4 members (excludes halogenated alkanes) is 1. The molecule has 1 aromatic rings. The summed E-state index contributed by atoms with van der Waals surface area (Å²) in [5.41, 5.74) is 5.60. The molecule has 0 aliphatic rings. The molecule has 2 atom stereocenters. The van der Waals surface area contributed by atoms with Gasteiger partial charge in [0, 0.05) is 18.7 Å². The highest BCUT2D eigenvalue weighted by Crippen LogP contribution is 2.16. The average Bonchev–Trinajstić information content (AvgIpc) is 2.46. The molecule has 118 valence electrons. The normalized spacial score (nSPS) is 13.6. The lowest BCUT2D eigenvalue weighted by Crippen LogP contribution is -2.45. The zero-order valence-corrected chi connectivity index (χ0v) is 12.4. The average molecular weight is 300 g/mol. The van der Waals surface area contributed by atoms with Crippen molar-refractivity contribution in [1.82, 2.24) is 5.32 Å².